The molecule has 0 spiro atoms. The number of ketones is 1. The van der Waals surface area contributed by atoms with Gasteiger partial charge < -0.3 is 10.1 Å². The van der Waals surface area contributed by atoms with E-state index in [0.29, 0.717) is 11.3 Å². The zero-order valence-corrected chi connectivity index (χ0v) is 15.9. The lowest BCUT2D eigenvalue weighted by molar-refractivity contribution is -0.115. The number of benzene rings is 1. The molecular formula is C21H24N2O4. The van der Waals surface area contributed by atoms with Gasteiger partial charge in [0.25, 0.3) is 11.7 Å². The molecule has 142 valence electrons. The molecule has 4 rings (SSSR count). The summed E-state index contributed by atoms with van der Waals surface area (Å²) in [5, 5.41) is 2.90. The van der Waals surface area contributed by atoms with Crippen LogP contribution < -0.4 is 15.0 Å². The molecule has 0 unspecified atom stereocenters. The molecular weight excluding hydrogens is 344 g/mol. The summed E-state index contributed by atoms with van der Waals surface area (Å²) in [4.78, 5) is 38.9. The summed E-state index contributed by atoms with van der Waals surface area (Å²) in [6, 6.07) is 3.38. The van der Waals surface area contributed by atoms with Crippen molar-refractivity contribution in [1.82, 2.24) is 5.32 Å². The van der Waals surface area contributed by atoms with Crippen molar-refractivity contribution < 1.29 is 19.1 Å². The van der Waals surface area contributed by atoms with Crippen LogP contribution in [0, 0.1) is 0 Å². The molecule has 1 aliphatic carbocycles. The molecule has 1 saturated carbocycles. The van der Waals surface area contributed by atoms with Gasteiger partial charge in [-0.2, -0.15) is 0 Å². The van der Waals surface area contributed by atoms with Crippen LogP contribution in [0.4, 0.5) is 10.5 Å². The number of carbonyl (C=O) groups excluding carboxylic acids is 3. The van der Waals surface area contributed by atoms with E-state index in [1.165, 1.54) is 12.5 Å². The van der Waals surface area contributed by atoms with E-state index in [2.05, 4.69) is 5.32 Å². The zero-order valence-electron chi connectivity index (χ0n) is 15.9. The first-order chi connectivity index (χ1) is 12.8. The van der Waals surface area contributed by atoms with Gasteiger partial charge in [-0.05, 0) is 51.3 Å². The van der Waals surface area contributed by atoms with Gasteiger partial charge >= 0.3 is 6.09 Å². The van der Waals surface area contributed by atoms with E-state index < -0.39 is 23.3 Å². The summed E-state index contributed by atoms with van der Waals surface area (Å²) in [5.74, 6) is -0.808. The summed E-state index contributed by atoms with van der Waals surface area (Å²) in [6.45, 7) is 5.75. The number of ether oxygens (including phenoxy) is 1. The monoisotopic (exact) mass is 368 g/mol. The Morgan fingerprint density at radius 1 is 1.15 bits per heavy atom. The average molecular weight is 368 g/mol. The molecule has 2 aliphatic heterocycles. The van der Waals surface area contributed by atoms with E-state index in [-0.39, 0.29) is 11.8 Å². The number of allylic oxidation sites excluding steroid dienone is 1. The number of carbonyl (C=O) groups is 3. The first-order valence-electron chi connectivity index (χ1n) is 9.53. The number of amides is 2. The van der Waals surface area contributed by atoms with Crippen molar-refractivity contribution in [2.24, 2.45) is 0 Å². The van der Waals surface area contributed by atoms with Gasteiger partial charge in [0.1, 0.15) is 5.75 Å². The molecule has 1 N–H and O–H groups in total. The summed E-state index contributed by atoms with van der Waals surface area (Å²) in [7, 11) is 0. The molecule has 6 nitrogen and oxygen atoms in total. The predicted octanol–water partition coefficient (Wildman–Crippen LogP) is 3.83. The molecule has 1 fully saturated rings. The van der Waals surface area contributed by atoms with Crippen LogP contribution in [0.1, 0.15) is 68.8 Å². The maximum absolute atomic E-state index is 12.5. The molecule has 2 amide bonds. The van der Waals surface area contributed by atoms with Crippen molar-refractivity contribution in [2.75, 3.05) is 4.90 Å². The van der Waals surface area contributed by atoms with E-state index >= 15 is 0 Å². The van der Waals surface area contributed by atoms with Crippen LogP contribution in [0.3, 0.4) is 0 Å². The van der Waals surface area contributed by atoms with Gasteiger partial charge in [0.05, 0.1) is 16.8 Å². The van der Waals surface area contributed by atoms with Crippen LogP contribution in [0.2, 0.25) is 0 Å². The van der Waals surface area contributed by atoms with E-state index in [1.54, 1.807) is 11.0 Å². The van der Waals surface area contributed by atoms with Crippen LogP contribution >= 0.6 is 0 Å². The SMILES string of the molecule is CC1=CC(C)(C)N2C(=O)C(=O)c3cc(OC(=O)NC4CCCCC4)cc1c32. The lowest BCUT2D eigenvalue weighted by atomic mass is 9.89. The van der Waals surface area contributed by atoms with E-state index in [0.717, 1.165) is 36.8 Å². The highest BCUT2D eigenvalue weighted by molar-refractivity contribution is 6.53. The Morgan fingerprint density at radius 3 is 2.52 bits per heavy atom. The third-order valence-corrected chi connectivity index (χ3v) is 5.66. The number of rotatable bonds is 2. The van der Waals surface area contributed by atoms with Gasteiger partial charge in [-0.15, -0.1) is 0 Å². The Hall–Kier alpha value is -2.63. The molecule has 0 aromatic heterocycles. The van der Waals surface area contributed by atoms with Crippen LogP contribution in [0.5, 0.6) is 5.75 Å². The molecule has 1 aromatic carbocycles. The lowest BCUT2D eigenvalue weighted by Gasteiger charge is -2.38. The summed E-state index contributed by atoms with van der Waals surface area (Å²) in [6.07, 6.45) is 6.80. The highest BCUT2D eigenvalue weighted by Gasteiger charge is 2.47. The zero-order chi connectivity index (χ0) is 19.3. The Labute approximate surface area is 158 Å². The molecule has 6 heteroatoms. The topological polar surface area (TPSA) is 75.7 Å². The number of Topliss-reactive ketones (excluding diaryl/α,β-unsaturated/α-hetero) is 1. The maximum Gasteiger partial charge on any atom is 0.412 e. The summed E-state index contributed by atoms with van der Waals surface area (Å²) in [5.41, 5.74) is 2.06. The van der Waals surface area contributed by atoms with Crippen LogP contribution in [-0.4, -0.2) is 29.4 Å². The fourth-order valence-corrected chi connectivity index (χ4v) is 4.47. The van der Waals surface area contributed by atoms with Gasteiger partial charge in [-0.1, -0.05) is 25.3 Å². The largest absolute Gasteiger partial charge is 0.412 e. The minimum absolute atomic E-state index is 0.139. The Morgan fingerprint density at radius 2 is 1.81 bits per heavy atom. The smallest absolute Gasteiger partial charge is 0.410 e. The van der Waals surface area contributed by atoms with E-state index in [1.807, 2.05) is 26.8 Å². The molecule has 0 saturated heterocycles. The van der Waals surface area contributed by atoms with Crippen molar-refractivity contribution in [3.05, 3.63) is 29.3 Å². The van der Waals surface area contributed by atoms with Gasteiger partial charge in [0, 0.05) is 11.6 Å². The number of nitrogens with zero attached hydrogens (tertiary/aromatic N) is 1. The summed E-state index contributed by atoms with van der Waals surface area (Å²) >= 11 is 0. The fraction of sp³-hybridized carbons (Fsp3) is 0.476. The fourth-order valence-electron chi connectivity index (χ4n) is 4.47. The predicted molar refractivity (Wildman–Crippen MR) is 102 cm³/mol. The molecule has 1 aromatic rings. The summed E-state index contributed by atoms with van der Waals surface area (Å²) < 4.78 is 5.47. The molecule has 27 heavy (non-hydrogen) atoms. The molecule has 0 bridgehead atoms. The van der Waals surface area contributed by atoms with Crippen molar-refractivity contribution >= 4 is 29.0 Å². The maximum atomic E-state index is 12.5. The quantitative estimate of drug-likeness (QED) is 0.805. The van der Waals surface area contributed by atoms with Gasteiger partial charge in [0.15, 0.2) is 0 Å². The Bertz CT molecular complexity index is 878. The first kappa shape index (κ1) is 17.8. The van der Waals surface area contributed by atoms with Crippen LogP contribution in [-0.2, 0) is 4.79 Å². The van der Waals surface area contributed by atoms with Crippen molar-refractivity contribution in [3.63, 3.8) is 0 Å². The molecule has 3 aliphatic rings. The number of hydrogen-bond acceptors (Lipinski definition) is 4. The first-order valence-corrected chi connectivity index (χ1v) is 9.53. The second-order valence-corrected chi connectivity index (χ2v) is 8.19. The van der Waals surface area contributed by atoms with Gasteiger partial charge in [0.2, 0.25) is 0 Å². The third kappa shape index (κ3) is 2.93. The lowest BCUT2D eigenvalue weighted by Crippen LogP contribution is -2.47. The van der Waals surface area contributed by atoms with Crippen LogP contribution in [0.25, 0.3) is 5.57 Å². The number of hydrogen-bond donors (Lipinski definition) is 1. The Kier molecular flexibility index (Phi) is 4.09. The highest BCUT2D eigenvalue weighted by atomic mass is 16.6. The highest BCUT2D eigenvalue weighted by Crippen LogP contribution is 2.46. The van der Waals surface area contributed by atoms with Crippen molar-refractivity contribution in [3.8, 4) is 5.75 Å². The average Bonchev–Trinajstić information content (AvgIpc) is 2.86. The Balaban J connectivity index is 1.64. The second kappa shape index (κ2) is 6.22. The normalized spacial score (nSPS) is 21.0. The molecule has 0 atom stereocenters. The molecule has 2 heterocycles. The van der Waals surface area contributed by atoms with Crippen molar-refractivity contribution in [1.29, 1.82) is 0 Å². The van der Waals surface area contributed by atoms with Gasteiger partial charge in [-0.3, -0.25) is 14.5 Å². The van der Waals surface area contributed by atoms with E-state index in [9.17, 15) is 14.4 Å². The number of nitrogens with one attached hydrogen (secondary N) is 1. The van der Waals surface area contributed by atoms with Crippen molar-refractivity contribution in [2.45, 2.75) is 64.5 Å². The number of anilines is 1. The van der Waals surface area contributed by atoms with Gasteiger partial charge in [-0.25, -0.2) is 4.79 Å². The minimum Gasteiger partial charge on any atom is -0.410 e. The third-order valence-electron chi connectivity index (χ3n) is 5.66. The standard InChI is InChI=1S/C21H24N2O4/c1-12-11-21(2,3)23-17-15(12)9-14(10-16(17)18(24)19(23)25)27-20(26)22-13-7-5-4-6-8-13/h9-11,13H,4-8H2,1-3H3,(H,22,26). The minimum atomic E-state index is -0.574. The van der Waals surface area contributed by atoms with Crippen LogP contribution in [0.15, 0.2) is 18.2 Å². The second-order valence-electron chi connectivity index (χ2n) is 8.19. The molecule has 0 radical (unpaired) electrons. The van der Waals surface area contributed by atoms with E-state index in [4.69, 9.17) is 4.74 Å².